The molecule has 4 heteroatoms. The number of carboxylic acids is 1. The molecule has 0 atom stereocenters. The number of carboxylic acid groups (broad SMARTS) is 1. The first-order chi connectivity index (χ1) is 7.65. The van der Waals surface area contributed by atoms with Crippen LogP contribution in [0.1, 0.15) is 10.4 Å². The second kappa shape index (κ2) is 4.45. The van der Waals surface area contributed by atoms with Crippen molar-refractivity contribution in [3.05, 3.63) is 40.9 Å². The molecule has 0 bridgehead atoms. The van der Waals surface area contributed by atoms with Crippen LogP contribution in [0, 0.1) is 6.92 Å². The smallest absolute Gasteiger partial charge is 0.308 e. The van der Waals surface area contributed by atoms with E-state index in [9.17, 15) is 4.79 Å². The standard InChI is InChI=1S/C12H11NO2S/c1-8-3-2-4-9(5-8)12-13-7-10(16-12)6-11(14)15/h2-5,7H,6H2,1H3,(H,14,15). The first-order valence-corrected chi connectivity index (χ1v) is 5.70. The minimum atomic E-state index is -0.820. The van der Waals surface area contributed by atoms with Crippen molar-refractivity contribution in [1.29, 1.82) is 0 Å². The molecule has 0 amide bonds. The topological polar surface area (TPSA) is 50.2 Å². The van der Waals surface area contributed by atoms with Gasteiger partial charge in [0.15, 0.2) is 0 Å². The van der Waals surface area contributed by atoms with Crippen molar-refractivity contribution in [3.8, 4) is 10.6 Å². The van der Waals surface area contributed by atoms with Crippen LogP contribution in [0.15, 0.2) is 30.5 Å². The van der Waals surface area contributed by atoms with E-state index in [-0.39, 0.29) is 6.42 Å². The van der Waals surface area contributed by atoms with Gasteiger partial charge in [0, 0.05) is 16.6 Å². The number of aryl methyl sites for hydroxylation is 1. The fourth-order valence-electron chi connectivity index (χ4n) is 1.45. The summed E-state index contributed by atoms with van der Waals surface area (Å²) < 4.78 is 0. The van der Waals surface area contributed by atoms with E-state index in [1.807, 2.05) is 31.2 Å². The third kappa shape index (κ3) is 2.46. The number of hydrogen-bond acceptors (Lipinski definition) is 3. The summed E-state index contributed by atoms with van der Waals surface area (Å²) in [4.78, 5) is 15.6. The van der Waals surface area contributed by atoms with Gasteiger partial charge in [0.05, 0.1) is 6.42 Å². The summed E-state index contributed by atoms with van der Waals surface area (Å²) in [5, 5.41) is 9.54. The number of aromatic nitrogens is 1. The van der Waals surface area contributed by atoms with E-state index < -0.39 is 5.97 Å². The van der Waals surface area contributed by atoms with Gasteiger partial charge in [-0.05, 0) is 13.0 Å². The molecule has 0 radical (unpaired) electrons. The lowest BCUT2D eigenvalue weighted by Crippen LogP contribution is -1.97. The first-order valence-electron chi connectivity index (χ1n) is 4.88. The van der Waals surface area contributed by atoms with E-state index in [2.05, 4.69) is 4.98 Å². The maximum atomic E-state index is 10.5. The van der Waals surface area contributed by atoms with Gasteiger partial charge in [0.25, 0.3) is 0 Å². The minimum absolute atomic E-state index is 0.0451. The zero-order valence-corrected chi connectivity index (χ0v) is 9.62. The van der Waals surface area contributed by atoms with Crippen LogP contribution in [-0.4, -0.2) is 16.1 Å². The number of hydrogen-bond donors (Lipinski definition) is 1. The number of benzene rings is 1. The van der Waals surface area contributed by atoms with Crippen molar-refractivity contribution in [2.45, 2.75) is 13.3 Å². The van der Waals surface area contributed by atoms with Gasteiger partial charge in [-0.15, -0.1) is 11.3 Å². The molecule has 16 heavy (non-hydrogen) atoms. The molecule has 3 nitrogen and oxygen atoms in total. The molecule has 0 aliphatic heterocycles. The monoisotopic (exact) mass is 233 g/mol. The van der Waals surface area contributed by atoms with Crippen molar-refractivity contribution in [1.82, 2.24) is 4.98 Å². The Hall–Kier alpha value is -1.68. The molecule has 1 aromatic carbocycles. The van der Waals surface area contributed by atoms with Gasteiger partial charge in [-0.3, -0.25) is 4.79 Å². The van der Waals surface area contributed by atoms with Crippen molar-refractivity contribution in [2.75, 3.05) is 0 Å². The summed E-state index contributed by atoms with van der Waals surface area (Å²) in [6.45, 7) is 2.02. The second-order valence-electron chi connectivity index (χ2n) is 3.57. The van der Waals surface area contributed by atoms with Crippen LogP contribution in [0.25, 0.3) is 10.6 Å². The average Bonchev–Trinajstić information content (AvgIpc) is 2.65. The van der Waals surface area contributed by atoms with Gasteiger partial charge in [-0.25, -0.2) is 4.98 Å². The summed E-state index contributed by atoms with van der Waals surface area (Å²) >= 11 is 1.43. The third-order valence-corrected chi connectivity index (χ3v) is 3.19. The molecule has 0 unspecified atom stereocenters. The summed E-state index contributed by atoms with van der Waals surface area (Å²) in [6, 6.07) is 8.03. The summed E-state index contributed by atoms with van der Waals surface area (Å²) in [5.74, 6) is -0.820. The molecule has 1 N–H and O–H groups in total. The van der Waals surface area contributed by atoms with Gasteiger partial charge in [-0.1, -0.05) is 23.8 Å². The van der Waals surface area contributed by atoms with Crippen LogP contribution < -0.4 is 0 Å². The Bertz CT molecular complexity index is 519. The Kier molecular flexibility index (Phi) is 3.01. The van der Waals surface area contributed by atoms with Crippen molar-refractivity contribution < 1.29 is 9.90 Å². The van der Waals surface area contributed by atoms with Crippen molar-refractivity contribution in [2.24, 2.45) is 0 Å². The SMILES string of the molecule is Cc1cccc(-c2ncc(CC(=O)O)s2)c1. The molecule has 0 saturated heterocycles. The van der Waals surface area contributed by atoms with E-state index in [0.717, 1.165) is 15.4 Å². The van der Waals surface area contributed by atoms with E-state index >= 15 is 0 Å². The van der Waals surface area contributed by atoms with Crippen LogP contribution in [0.3, 0.4) is 0 Å². The highest BCUT2D eigenvalue weighted by atomic mass is 32.1. The Balaban J connectivity index is 2.28. The van der Waals surface area contributed by atoms with Crippen LogP contribution in [0.2, 0.25) is 0 Å². The molecule has 0 aliphatic carbocycles. The van der Waals surface area contributed by atoms with Gasteiger partial charge < -0.3 is 5.11 Å². The van der Waals surface area contributed by atoms with Gasteiger partial charge in [0.1, 0.15) is 5.01 Å². The molecule has 0 fully saturated rings. The highest BCUT2D eigenvalue weighted by molar-refractivity contribution is 7.15. The molecule has 0 spiro atoms. The Morgan fingerprint density at radius 3 is 3.00 bits per heavy atom. The molecule has 82 valence electrons. The number of nitrogens with zero attached hydrogens (tertiary/aromatic N) is 1. The Labute approximate surface area is 97.4 Å². The van der Waals surface area contributed by atoms with Gasteiger partial charge in [0.2, 0.25) is 0 Å². The molecule has 1 heterocycles. The molecule has 2 rings (SSSR count). The average molecular weight is 233 g/mol. The Morgan fingerprint density at radius 2 is 2.31 bits per heavy atom. The fraction of sp³-hybridized carbons (Fsp3) is 0.167. The Morgan fingerprint density at radius 1 is 1.50 bits per heavy atom. The molecule has 0 saturated carbocycles. The fourth-order valence-corrected chi connectivity index (χ4v) is 2.35. The van der Waals surface area contributed by atoms with Crippen LogP contribution in [0.4, 0.5) is 0 Å². The highest BCUT2D eigenvalue weighted by Gasteiger charge is 2.07. The van der Waals surface area contributed by atoms with Crippen molar-refractivity contribution in [3.63, 3.8) is 0 Å². The zero-order chi connectivity index (χ0) is 11.5. The largest absolute Gasteiger partial charge is 0.481 e. The number of carbonyl (C=O) groups is 1. The summed E-state index contributed by atoms with van der Waals surface area (Å²) in [6.07, 6.45) is 1.68. The molecule has 2 aromatic rings. The predicted octanol–water partition coefficient (Wildman–Crippen LogP) is 2.75. The highest BCUT2D eigenvalue weighted by Crippen LogP contribution is 2.25. The summed E-state index contributed by atoms with van der Waals surface area (Å²) in [5.41, 5.74) is 2.22. The van der Waals surface area contributed by atoms with Crippen LogP contribution in [-0.2, 0) is 11.2 Å². The molecular formula is C12H11NO2S. The lowest BCUT2D eigenvalue weighted by molar-refractivity contribution is -0.136. The van der Waals surface area contributed by atoms with E-state index in [1.165, 1.54) is 16.9 Å². The number of aliphatic carboxylic acids is 1. The van der Waals surface area contributed by atoms with Crippen molar-refractivity contribution >= 4 is 17.3 Å². The normalized spacial score (nSPS) is 10.3. The zero-order valence-electron chi connectivity index (χ0n) is 8.80. The second-order valence-corrected chi connectivity index (χ2v) is 4.69. The number of rotatable bonds is 3. The van der Waals surface area contributed by atoms with Crippen LogP contribution in [0.5, 0.6) is 0 Å². The lowest BCUT2D eigenvalue weighted by Gasteiger charge is -1.96. The van der Waals surface area contributed by atoms with Crippen LogP contribution >= 0.6 is 11.3 Å². The van der Waals surface area contributed by atoms with E-state index in [4.69, 9.17) is 5.11 Å². The van der Waals surface area contributed by atoms with E-state index in [1.54, 1.807) is 6.20 Å². The lowest BCUT2D eigenvalue weighted by atomic mass is 10.1. The van der Waals surface area contributed by atoms with Gasteiger partial charge in [-0.2, -0.15) is 0 Å². The maximum absolute atomic E-state index is 10.5. The molecule has 1 aromatic heterocycles. The third-order valence-electron chi connectivity index (χ3n) is 2.14. The molecule has 0 aliphatic rings. The first kappa shape index (κ1) is 10.8. The predicted molar refractivity (Wildman–Crippen MR) is 63.6 cm³/mol. The van der Waals surface area contributed by atoms with E-state index in [0.29, 0.717) is 0 Å². The summed E-state index contributed by atoms with van der Waals surface area (Å²) in [7, 11) is 0. The minimum Gasteiger partial charge on any atom is -0.481 e. The quantitative estimate of drug-likeness (QED) is 0.886. The number of thiazole rings is 1. The maximum Gasteiger partial charge on any atom is 0.308 e. The van der Waals surface area contributed by atoms with Gasteiger partial charge >= 0.3 is 5.97 Å². The molecular weight excluding hydrogens is 222 g/mol.